The molecule has 1 heterocycles. The number of ether oxygens (including phenoxy) is 1. The Hall–Kier alpha value is -1.95. The van der Waals surface area contributed by atoms with E-state index in [9.17, 15) is 9.59 Å². The van der Waals surface area contributed by atoms with Crippen molar-refractivity contribution < 1.29 is 14.3 Å². The summed E-state index contributed by atoms with van der Waals surface area (Å²) in [6, 6.07) is 3.43. The number of pyridine rings is 1. The number of carbonyl (C=O) groups excluding carboxylic acids is 2. The summed E-state index contributed by atoms with van der Waals surface area (Å²) in [7, 11) is 1.62. The average Bonchev–Trinajstić information content (AvgIpc) is 3.04. The molecule has 1 aliphatic rings. The van der Waals surface area contributed by atoms with Gasteiger partial charge in [0.1, 0.15) is 5.69 Å². The molecule has 2 N–H and O–H groups in total. The first-order valence-corrected chi connectivity index (χ1v) is 7.75. The normalized spacial score (nSPS) is 14.8. The summed E-state index contributed by atoms with van der Waals surface area (Å²) >= 11 is 0. The topological polar surface area (TPSA) is 80.3 Å². The minimum Gasteiger partial charge on any atom is -0.385 e. The zero-order valence-corrected chi connectivity index (χ0v) is 12.9. The smallest absolute Gasteiger partial charge is 0.269 e. The van der Waals surface area contributed by atoms with E-state index < -0.39 is 0 Å². The van der Waals surface area contributed by atoms with Gasteiger partial charge in [0.25, 0.3) is 11.8 Å². The van der Waals surface area contributed by atoms with Crippen molar-refractivity contribution >= 4 is 11.8 Å². The van der Waals surface area contributed by atoms with Crippen molar-refractivity contribution in [1.29, 1.82) is 0 Å². The highest BCUT2D eigenvalue weighted by molar-refractivity contribution is 5.98. The Morgan fingerprint density at radius 2 is 2.09 bits per heavy atom. The Labute approximate surface area is 130 Å². The average molecular weight is 305 g/mol. The van der Waals surface area contributed by atoms with Crippen LogP contribution in [0.3, 0.4) is 0 Å². The molecule has 0 radical (unpaired) electrons. The summed E-state index contributed by atoms with van der Waals surface area (Å²) in [5.41, 5.74) is 0.737. The highest BCUT2D eigenvalue weighted by Gasteiger charge is 2.18. The van der Waals surface area contributed by atoms with Crippen molar-refractivity contribution in [3.8, 4) is 0 Å². The molecule has 120 valence electrons. The maximum absolute atomic E-state index is 12.2. The third kappa shape index (κ3) is 4.80. The van der Waals surface area contributed by atoms with Crippen molar-refractivity contribution in [2.75, 3.05) is 20.3 Å². The van der Waals surface area contributed by atoms with Crippen molar-refractivity contribution in [1.82, 2.24) is 15.6 Å². The van der Waals surface area contributed by atoms with Crippen LogP contribution in [0.25, 0.3) is 0 Å². The minimum atomic E-state index is -0.272. The monoisotopic (exact) mass is 305 g/mol. The van der Waals surface area contributed by atoms with Gasteiger partial charge in [-0.15, -0.1) is 0 Å². The van der Waals surface area contributed by atoms with Crippen molar-refractivity contribution in [2.24, 2.45) is 0 Å². The standard InChI is InChI=1S/C16H23N3O3/c1-22-10-4-8-18-16(21)14-11-12(7-9-17-14)15(20)19-13-5-2-3-6-13/h7,9,11,13H,2-6,8,10H2,1H3,(H,18,21)(H,19,20). The third-order valence-electron chi connectivity index (χ3n) is 3.76. The van der Waals surface area contributed by atoms with Gasteiger partial charge in [-0.05, 0) is 31.4 Å². The Morgan fingerprint density at radius 3 is 2.82 bits per heavy atom. The molecule has 1 aromatic rings. The summed E-state index contributed by atoms with van der Waals surface area (Å²) in [6.45, 7) is 1.12. The van der Waals surface area contributed by atoms with Crippen molar-refractivity contribution in [3.05, 3.63) is 29.6 Å². The van der Waals surface area contributed by atoms with E-state index in [0.29, 0.717) is 18.7 Å². The molecule has 6 nitrogen and oxygen atoms in total. The fraction of sp³-hybridized carbons (Fsp3) is 0.562. The number of methoxy groups -OCH3 is 1. The van der Waals surface area contributed by atoms with Gasteiger partial charge in [0.05, 0.1) is 0 Å². The highest BCUT2D eigenvalue weighted by Crippen LogP contribution is 2.18. The van der Waals surface area contributed by atoms with E-state index in [-0.39, 0.29) is 23.6 Å². The lowest BCUT2D eigenvalue weighted by molar-refractivity contribution is 0.0937. The molecular formula is C16H23N3O3. The number of rotatable bonds is 7. The lowest BCUT2D eigenvalue weighted by atomic mass is 10.2. The Morgan fingerprint density at radius 1 is 1.32 bits per heavy atom. The lowest BCUT2D eigenvalue weighted by Gasteiger charge is -2.12. The Kier molecular flexibility index (Phi) is 6.33. The van der Waals surface area contributed by atoms with Gasteiger partial charge in [-0.25, -0.2) is 0 Å². The van der Waals surface area contributed by atoms with Crippen LogP contribution in [0.5, 0.6) is 0 Å². The van der Waals surface area contributed by atoms with Gasteiger partial charge < -0.3 is 15.4 Å². The zero-order valence-electron chi connectivity index (χ0n) is 12.9. The predicted octanol–water partition coefficient (Wildman–Crippen LogP) is 1.52. The van der Waals surface area contributed by atoms with Gasteiger partial charge >= 0.3 is 0 Å². The molecule has 6 heteroatoms. The largest absolute Gasteiger partial charge is 0.385 e. The molecule has 2 rings (SSSR count). The van der Waals surface area contributed by atoms with Crippen molar-refractivity contribution in [2.45, 2.75) is 38.1 Å². The van der Waals surface area contributed by atoms with Crippen LogP contribution in [-0.4, -0.2) is 43.1 Å². The van der Waals surface area contributed by atoms with Gasteiger partial charge in [0.2, 0.25) is 0 Å². The van der Waals surface area contributed by atoms with Gasteiger partial charge in [0, 0.05) is 38.1 Å². The van der Waals surface area contributed by atoms with Crippen LogP contribution in [0.2, 0.25) is 0 Å². The second kappa shape index (κ2) is 8.48. The highest BCUT2D eigenvalue weighted by atomic mass is 16.5. The molecule has 0 unspecified atom stereocenters. The van der Waals surface area contributed by atoms with Crippen LogP contribution in [0.1, 0.15) is 53.0 Å². The van der Waals surface area contributed by atoms with Crippen LogP contribution in [0.15, 0.2) is 18.3 Å². The van der Waals surface area contributed by atoms with Crippen LogP contribution in [0, 0.1) is 0 Å². The maximum atomic E-state index is 12.2. The van der Waals surface area contributed by atoms with E-state index in [2.05, 4.69) is 15.6 Å². The van der Waals surface area contributed by atoms with Gasteiger partial charge in [0.15, 0.2) is 0 Å². The summed E-state index contributed by atoms with van der Waals surface area (Å²) in [4.78, 5) is 28.2. The fourth-order valence-electron chi connectivity index (χ4n) is 2.54. The maximum Gasteiger partial charge on any atom is 0.269 e. The van der Waals surface area contributed by atoms with Crippen LogP contribution in [-0.2, 0) is 4.74 Å². The number of carbonyl (C=O) groups is 2. The molecular weight excluding hydrogens is 282 g/mol. The van der Waals surface area contributed by atoms with E-state index in [1.54, 1.807) is 13.2 Å². The van der Waals surface area contributed by atoms with Crippen LogP contribution in [0.4, 0.5) is 0 Å². The van der Waals surface area contributed by atoms with E-state index >= 15 is 0 Å². The summed E-state index contributed by atoms with van der Waals surface area (Å²) in [5, 5.41) is 5.77. The number of aromatic nitrogens is 1. The number of hydrogen-bond acceptors (Lipinski definition) is 4. The van der Waals surface area contributed by atoms with Crippen molar-refractivity contribution in [3.63, 3.8) is 0 Å². The molecule has 1 saturated carbocycles. The summed E-state index contributed by atoms with van der Waals surface area (Å²) in [5.74, 6) is -0.408. The first-order valence-electron chi connectivity index (χ1n) is 7.75. The molecule has 2 amide bonds. The molecule has 1 aromatic heterocycles. The first kappa shape index (κ1) is 16.4. The number of nitrogens with zero attached hydrogens (tertiary/aromatic N) is 1. The minimum absolute atomic E-state index is 0.136. The van der Waals surface area contributed by atoms with E-state index in [1.807, 2.05) is 0 Å². The third-order valence-corrected chi connectivity index (χ3v) is 3.76. The molecule has 0 aliphatic heterocycles. The quantitative estimate of drug-likeness (QED) is 0.749. The van der Waals surface area contributed by atoms with E-state index in [1.165, 1.54) is 12.3 Å². The molecule has 0 bridgehead atoms. The van der Waals surface area contributed by atoms with Crippen LogP contribution >= 0.6 is 0 Å². The number of nitrogens with one attached hydrogen (secondary N) is 2. The van der Waals surface area contributed by atoms with Gasteiger partial charge in [-0.1, -0.05) is 12.8 Å². The molecule has 0 saturated heterocycles. The summed E-state index contributed by atoms with van der Waals surface area (Å²) in [6.07, 6.45) is 6.62. The Balaban J connectivity index is 1.90. The molecule has 0 aromatic carbocycles. The fourth-order valence-corrected chi connectivity index (χ4v) is 2.54. The summed E-state index contributed by atoms with van der Waals surface area (Å²) < 4.78 is 4.92. The predicted molar refractivity (Wildman–Crippen MR) is 82.8 cm³/mol. The van der Waals surface area contributed by atoms with E-state index in [0.717, 1.165) is 32.1 Å². The van der Waals surface area contributed by atoms with Crippen LogP contribution < -0.4 is 10.6 Å². The van der Waals surface area contributed by atoms with E-state index in [4.69, 9.17) is 4.74 Å². The van der Waals surface area contributed by atoms with Gasteiger partial charge in [-0.3, -0.25) is 14.6 Å². The van der Waals surface area contributed by atoms with Gasteiger partial charge in [-0.2, -0.15) is 0 Å². The second-order valence-corrected chi connectivity index (χ2v) is 5.49. The molecule has 1 fully saturated rings. The SMILES string of the molecule is COCCCNC(=O)c1cc(C(=O)NC2CCCC2)ccn1. The zero-order chi connectivity index (χ0) is 15.8. The number of amides is 2. The molecule has 22 heavy (non-hydrogen) atoms. The first-order chi connectivity index (χ1) is 10.7. The molecule has 0 spiro atoms. The second-order valence-electron chi connectivity index (χ2n) is 5.49. The lowest BCUT2D eigenvalue weighted by Crippen LogP contribution is -2.33. The molecule has 0 atom stereocenters. The Bertz CT molecular complexity index is 513. The number of hydrogen-bond donors (Lipinski definition) is 2. The molecule has 1 aliphatic carbocycles.